The molecule has 5 nitrogen and oxygen atoms in total. The molecule has 0 bridgehead atoms. The van der Waals surface area contributed by atoms with E-state index in [1.54, 1.807) is 11.3 Å². The quantitative estimate of drug-likeness (QED) is 0.921. The fourth-order valence-corrected chi connectivity index (χ4v) is 3.33. The summed E-state index contributed by atoms with van der Waals surface area (Å²) < 4.78 is 2.09. The number of imidazole rings is 1. The maximum atomic E-state index is 12.9. The first-order chi connectivity index (χ1) is 10.7. The van der Waals surface area contributed by atoms with Crippen LogP contribution in [0.25, 0.3) is 0 Å². The van der Waals surface area contributed by atoms with Crippen molar-refractivity contribution in [3.63, 3.8) is 0 Å². The third-order valence-corrected chi connectivity index (χ3v) is 4.94. The number of rotatable bonds is 5. The molecule has 1 aliphatic heterocycles. The number of fused-ring (bicyclic) bond motifs is 1. The Morgan fingerprint density at radius 1 is 1.59 bits per heavy atom. The Balaban J connectivity index is 1.83. The van der Waals surface area contributed by atoms with Gasteiger partial charge in [0.05, 0.1) is 6.54 Å². The molecule has 22 heavy (non-hydrogen) atoms. The zero-order valence-electron chi connectivity index (χ0n) is 13.1. The largest absolute Gasteiger partial charge is 0.332 e. The van der Waals surface area contributed by atoms with Crippen molar-refractivity contribution in [2.75, 3.05) is 6.54 Å². The van der Waals surface area contributed by atoms with Crippen LogP contribution in [0.15, 0.2) is 23.0 Å². The molecule has 0 aliphatic carbocycles. The Kier molecular flexibility index (Phi) is 4.59. The van der Waals surface area contributed by atoms with Gasteiger partial charge in [-0.25, -0.2) is 4.98 Å². The fourth-order valence-electron chi connectivity index (χ4n) is 2.67. The number of nitrogens with one attached hydrogen (secondary N) is 1. The first-order valence-corrected chi connectivity index (χ1v) is 8.72. The standard InChI is InChI=1S/C16H22N4OS/c1-3-12(2)20(9-13-4-7-22-11-13)16(21)14-10-19-6-5-17-8-15(19)18-14/h4,7,10-12,17H,3,5-6,8-9H2,1-2H3. The van der Waals surface area contributed by atoms with E-state index in [1.165, 1.54) is 5.56 Å². The second kappa shape index (κ2) is 6.62. The van der Waals surface area contributed by atoms with E-state index in [9.17, 15) is 4.79 Å². The van der Waals surface area contributed by atoms with Crippen molar-refractivity contribution in [3.8, 4) is 0 Å². The molecule has 1 N–H and O–H groups in total. The number of thiophene rings is 1. The zero-order chi connectivity index (χ0) is 15.5. The summed E-state index contributed by atoms with van der Waals surface area (Å²) in [5.74, 6) is 0.983. The Morgan fingerprint density at radius 3 is 3.14 bits per heavy atom. The predicted molar refractivity (Wildman–Crippen MR) is 87.9 cm³/mol. The van der Waals surface area contributed by atoms with Crippen LogP contribution in [-0.4, -0.2) is 32.9 Å². The van der Waals surface area contributed by atoms with Crippen molar-refractivity contribution in [1.82, 2.24) is 19.8 Å². The number of hydrogen-bond donors (Lipinski definition) is 1. The minimum Gasteiger partial charge on any atom is -0.332 e. The Hall–Kier alpha value is -1.66. The molecule has 0 spiro atoms. The highest BCUT2D eigenvalue weighted by Crippen LogP contribution is 2.17. The summed E-state index contributed by atoms with van der Waals surface area (Å²) in [5.41, 5.74) is 1.75. The van der Waals surface area contributed by atoms with Gasteiger partial charge in [0.15, 0.2) is 0 Å². The SMILES string of the molecule is CCC(C)N(Cc1ccsc1)C(=O)c1cn2c(n1)CNCC2. The molecule has 1 amide bonds. The van der Waals surface area contributed by atoms with Gasteiger partial charge in [-0.2, -0.15) is 11.3 Å². The van der Waals surface area contributed by atoms with Crippen LogP contribution in [0, 0.1) is 0 Å². The molecule has 2 aromatic heterocycles. The Morgan fingerprint density at radius 2 is 2.45 bits per heavy atom. The van der Waals surface area contributed by atoms with E-state index in [0.29, 0.717) is 12.2 Å². The van der Waals surface area contributed by atoms with Gasteiger partial charge in [-0.15, -0.1) is 0 Å². The molecule has 1 unspecified atom stereocenters. The summed E-state index contributed by atoms with van der Waals surface area (Å²) in [5, 5.41) is 7.44. The first kappa shape index (κ1) is 15.2. The Labute approximate surface area is 135 Å². The van der Waals surface area contributed by atoms with Crippen LogP contribution in [0.5, 0.6) is 0 Å². The average molecular weight is 318 g/mol. The molecule has 0 radical (unpaired) electrons. The predicted octanol–water partition coefficient (Wildman–Crippen LogP) is 2.49. The lowest BCUT2D eigenvalue weighted by Gasteiger charge is -2.27. The smallest absolute Gasteiger partial charge is 0.274 e. The summed E-state index contributed by atoms with van der Waals surface area (Å²) in [7, 11) is 0. The maximum Gasteiger partial charge on any atom is 0.274 e. The van der Waals surface area contributed by atoms with Crippen LogP contribution in [0.4, 0.5) is 0 Å². The maximum absolute atomic E-state index is 12.9. The third-order valence-electron chi connectivity index (χ3n) is 4.21. The molecule has 0 aromatic carbocycles. The highest BCUT2D eigenvalue weighted by atomic mass is 32.1. The number of nitrogens with zero attached hydrogens (tertiary/aromatic N) is 3. The number of carbonyl (C=O) groups excluding carboxylic acids is 1. The lowest BCUT2D eigenvalue weighted by atomic mass is 10.2. The van der Waals surface area contributed by atoms with Gasteiger partial charge in [-0.1, -0.05) is 6.92 Å². The molecule has 6 heteroatoms. The van der Waals surface area contributed by atoms with Gasteiger partial charge in [-0.05, 0) is 35.7 Å². The van der Waals surface area contributed by atoms with Gasteiger partial charge in [0, 0.05) is 31.9 Å². The highest BCUT2D eigenvalue weighted by Gasteiger charge is 2.24. The molecular weight excluding hydrogens is 296 g/mol. The monoisotopic (exact) mass is 318 g/mol. The van der Waals surface area contributed by atoms with Crippen LogP contribution >= 0.6 is 11.3 Å². The lowest BCUT2D eigenvalue weighted by molar-refractivity contribution is 0.0666. The van der Waals surface area contributed by atoms with Crippen molar-refractivity contribution < 1.29 is 4.79 Å². The van der Waals surface area contributed by atoms with Crippen molar-refractivity contribution in [1.29, 1.82) is 0 Å². The van der Waals surface area contributed by atoms with Crippen molar-refractivity contribution in [2.24, 2.45) is 0 Å². The molecule has 118 valence electrons. The minimum absolute atomic E-state index is 0.0300. The van der Waals surface area contributed by atoms with Crippen LogP contribution in [0.1, 0.15) is 42.1 Å². The summed E-state index contributed by atoms with van der Waals surface area (Å²) in [6.07, 6.45) is 2.84. The van der Waals surface area contributed by atoms with E-state index in [0.717, 1.165) is 31.9 Å². The molecule has 2 aromatic rings. The fraction of sp³-hybridized carbons (Fsp3) is 0.500. The molecule has 1 atom stereocenters. The molecule has 3 rings (SSSR count). The number of hydrogen-bond acceptors (Lipinski definition) is 4. The van der Waals surface area contributed by atoms with Crippen LogP contribution in [0.3, 0.4) is 0 Å². The van der Waals surface area contributed by atoms with Crippen LogP contribution in [-0.2, 0) is 19.6 Å². The van der Waals surface area contributed by atoms with E-state index in [2.05, 4.69) is 45.5 Å². The van der Waals surface area contributed by atoms with Gasteiger partial charge in [0.1, 0.15) is 11.5 Å². The van der Waals surface area contributed by atoms with Gasteiger partial charge in [0.2, 0.25) is 0 Å². The molecular formula is C16H22N4OS. The molecule has 0 saturated heterocycles. The van der Waals surface area contributed by atoms with Gasteiger partial charge in [0.25, 0.3) is 5.91 Å². The summed E-state index contributed by atoms with van der Waals surface area (Å²) in [6.45, 7) is 7.41. The highest BCUT2D eigenvalue weighted by molar-refractivity contribution is 7.07. The molecule has 3 heterocycles. The number of carbonyl (C=O) groups is 1. The summed E-state index contributed by atoms with van der Waals surface area (Å²) >= 11 is 1.66. The second-order valence-corrected chi connectivity index (χ2v) is 6.51. The van der Waals surface area contributed by atoms with Gasteiger partial charge >= 0.3 is 0 Å². The molecule has 1 aliphatic rings. The summed E-state index contributed by atoms with van der Waals surface area (Å²) in [4.78, 5) is 19.4. The summed E-state index contributed by atoms with van der Waals surface area (Å²) in [6, 6.07) is 2.28. The van der Waals surface area contributed by atoms with Crippen molar-refractivity contribution >= 4 is 17.2 Å². The van der Waals surface area contributed by atoms with E-state index < -0.39 is 0 Å². The topological polar surface area (TPSA) is 50.2 Å². The van der Waals surface area contributed by atoms with Crippen LogP contribution in [0.2, 0.25) is 0 Å². The van der Waals surface area contributed by atoms with Crippen molar-refractivity contribution in [3.05, 3.63) is 40.1 Å². The van der Waals surface area contributed by atoms with Gasteiger partial charge < -0.3 is 14.8 Å². The number of amides is 1. The second-order valence-electron chi connectivity index (χ2n) is 5.73. The molecule has 0 fully saturated rings. The normalized spacial score (nSPS) is 15.4. The Bertz CT molecular complexity index is 611. The van der Waals surface area contributed by atoms with E-state index >= 15 is 0 Å². The first-order valence-electron chi connectivity index (χ1n) is 7.78. The average Bonchev–Trinajstić information content (AvgIpc) is 3.20. The lowest BCUT2D eigenvalue weighted by Crippen LogP contribution is -2.37. The zero-order valence-corrected chi connectivity index (χ0v) is 13.9. The van der Waals surface area contributed by atoms with Crippen LogP contribution < -0.4 is 5.32 Å². The van der Waals surface area contributed by atoms with Crippen molar-refractivity contribution in [2.45, 2.75) is 45.9 Å². The van der Waals surface area contributed by atoms with E-state index in [1.807, 2.05) is 11.1 Å². The van der Waals surface area contributed by atoms with Gasteiger partial charge in [-0.3, -0.25) is 4.79 Å². The molecule has 0 saturated carbocycles. The minimum atomic E-state index is 0.0300. The third kappa shape index (κ3) is 3.08. The van der Waals surface area contributed by atoms with E-state index in [4.69, 9.17) is 0 Å². The van der Waals surface area contributed by atoms with E-state index in [-0.39, 0.29) is 11.9 Å². The number of aromatic nitrogens is 2.